The van der Waals surface area contributed by atoms with Crippen LogP contribution < -0.4 is 20.7 Å². The first-order valence-electron chi connectivity index (χ1n) is 13.5. The van der Waals surface area contributed by atoms with Crippen LogP contribution in [0.3, 0.4) is 0 Å². The molecule has 0 aromatic carbocycles. The standard InChI is InChI=1S/C29H42N8O4/c1-22(37(4)26(38)13-10-18-36(2)3)28(39)32-15-9-7-8-12-23-21-33-29(35-27(23)31-16-11-19-40-5)34-24-14-17-30-25(20-24)41-6/h10,13-14,17,20-22H,7,9,11,15-16,18-19H2,1-6H3,(H,32,39)(H2,30,31,33,34,35)/t22-/m0/s1. The molecule has 0 unspecified atom stereocenters. The molecule has 41 heavy (non-hydrogen) atoms. The summed E-state index contributed by atoms with van der Waals surface area (Å²) in [5.41, 5.74) is 1.41. The number of hydrogen-bond donors (Lipinski definition) is 3. The number of nitrogens with zero attached hydrogens (tertiary/aromatic N) is 5. The summed E-state index contributed by atoms with van der Waals surface area (Å²) in [6.07, 6.45) is 8.60. The summed E-state index contributed by atoms with van der Waals surface area (Å²) in [5.74, 6) is 7.35. The van der Waals surface area contributed by atoms with Gasteiger partial charge in [0.2, 0.25) is 23.6 Å². The van der Waals surface area contributed by atoms with Crippen molar-refractivity contribution in [3.05, 3.63) is 42.2 Å². The number of hydrogen-bond acceptors (Lipinski definition) is 10. The van der Waals surface area contributed by atoms with E-state index in [-0.39, 0.29) is 11.8 Å². The smallest absolute Gasteiger partial charge is 0.246 e. The molecular formula is C29H42N8O4. The number of ether oxygens (including phenoxy) is 2. The molecule has 1 atom stereocenters. The second-order valence-electron chi connectivity index (χ2n) is 9.43. The third kappa shape index (κ3) is 12.2. The molecule has 0 bridgehead atoms. The summed E-state index contributed by atoms with van der Waals surface area (Å²) >= 11 is 0. The summed E-state index contributed by atoms with van der Waals surface area (Å²) in [5, 5.41) is 9.34. The minimum atomic E-state index is -0.582. The molecule has 3 N–H and O–H groups in total. The molecule has 0 aliphatic heterocycles. The molecule has 0 aliphatic rings. The van der Waals surface area contributed by atoms with E-state index in [2.05, 4.69) is 42.7 Å². The first-order chi connectivity index (χ1) is 19.7. The van der Waals surface area contributed by atoms with Crippen molar-refractivity contribution in [2.24, 2.45) is 0 Å². The molecule has 12 nitrogen and oxygen atoms in total. The Kier molecular flexibility index (Phi) is 14.6. The van der Waals surface area contributed by atoms with Gasteiger partial charge in [-0.1, -0.05) is 17.9 Å². The first kappa shape index (κ1) is 33.0. The van der Waals surface area contributed by atoms with E-state index in [4.69, 9.17) is 9.47 Å². The second kappa shape index (κ2) is 18.2. The van der Waals surface area contributed by atoms with Gasteiger partial charge in [-0.05, 0) is 39.9 Å². The van der Waals surface area contributed by atoms with E-state index in [0.717, 1.165) is 12.1 Å². The zero-order chi connectivity index (χ0) is 30.0. The monoisotopic (exact) mass is 566 g/mol. The normalized spacial score (nSPS) is 11.5. The summed E-state index contributed by atoms with van der Waals surface area (Å²) in [6.45, 7) is 4.10. The van der Waals surface area contributed by atoms with Crippen molar-refractivity contribution < 1.29 is 19.1 Å². The number of methoxy groups -OCH3 is 2. The third-order valence-electron chi connectivity index (χ3n) is 5.85. The molecule has 2 heterocycles. The average molecular weight is 567 g/mol. The number of carbonyl (C=O) groups excluding carboxylic acids is 2. The number of nitrogens with one attached hydrogen (secondary N) is 3. The summed E-state index contributed by atoms with van der Waals surface area (Å²) in [7, 11) is 8.68. The van der Waals surface area contributed by atoms with Gasteiger partial charge in [0.15, 0.2) is 0 Å². The maximum Gasteiger partial charge on any atom is 0.246 e. The number of pyridine rings is 1. The molecule has 2 rings (SSSR count). The van der Waals surface area contributed by atoms with Gasteiger partial charge < -0.3 is 35.2 Å². The molecule has 0 saturated heterocycles. The number of rotatable bonds is 16. The Bertz CT molecular complexity index is 1210. The van der Waals surface area contributed by atoms with E-state index >= 15 is 0 Å². The Morgan fingerprint density at radius 3 is 2.68 bits per heavy atom. The van der Waals surface area contributed by atoms with Crippen LogP contribution in [0.2, 0.25) is 0 Å². The summed E-state index contributed by atoms with van der Waals surface area (Å²) in [6, 6.07) is 2.97. The number of amides is 2. The van der Waals surface area contributed by atoms with Crippen molar-refractivity contribution in [3.8, 4) is 17.7 Å². The SMILES string of the molecule is COCCCNc1nc(Nc2ccnc(OC)c2)ncc1C#CCCCNC(=O)[C@H](C)N(C)C(=O)C=CCN(C)C. The van der Waals surface area contributed by atoms with Crippen LogP contribution >= 0.6 is 0 Å². The molecular weight excluding hydrogens is 524 g/mol. The molecule has 0 saturated carbocycles. The Balaban J connectivity index is 1.92. The molecule has 0 radical (unpaired) electrons. The van der Waals surface area contributed by atoms with Crippen LogP contribution in [0.1, 0.15) is 31.7 Å². The van der Waals surface area contributed by atoms with Crippen molar-refractivity contribution in [2.45, 2.75) is 32.2 Å². The van der Waals surface area contributed by atoms with Gasteiger partial charge in [0.1, 0.15) is 11.9 Å². The molecule has 0 aliphatic carbocycles. The zero-order valence-electron chi connectivity index (χ0n) is 24.9. The van der Waals surface area contributed by atoms with Crippen molar-refractivity contribution in [3.63, 3.8) is 0 Å². The van der Waals surface area contributed by atoms with E-state index < -0.39 is 6.04 Å². The summed E-state index contributed by atoms with van der Waals surface area (Å²) in [4.78, 5) is 41.2. The van der Waals surface area contributed by atoms with E-state index in [1.54, 1.807) is 58.8 Å². The summed E-state index contributed by atoms with van der Waals surface area (Å²) < 4.78 is 10.3. The fraction of sp³-hybridized carbons (Fsp3) is 0.483. The topological polar surface area (TPSA) is 134 Å². The maximum atomic E-state index is 12.5. The Hall–Kier alpha value is -4.21. The van der Waals surface area contributed by atoms with Gasteiger partial charge in [-0.3, -0.25) is 9.59 Å². The van der Waals surface area contributed by atoms with Gasteiger partial charge in [0.25, 0.3) is 0 Å². The fourth-order valence-corrected chi connectivity index (χ4v) is 3.36. The van der Waals surface area contributed by atoms with Gasteiger partial charge in [-0.2, -0.15) is 4.98 Å². The fourth-order valence-electron chi connectivity index (χ4n) is 3.36. The van der Waals surface area contributed by atoms with Gasteiger partial charge >= 0.3 is 0 Å². The molecule has 2 aromatic rings. The maximum absolute atomic E-state index is 12.5. The highest BCUT2D eigenvalue weighted by Crippen LogP contribution is 2.19. The third-order valence-corrected chi connectivity index (χ3v) is 5.85. The van der Waals surface area contributed by atoms with Crippen molar-refractivity contribution in [1.82, 2.24) is 30.1 Å². The number of anilines is 3. The number of unbranched alkanes of at least 4 members (excludes halogenated alkanes) is 1. The van der Waals surface area contributed by atoms with Crippen molar-refractivity contribution in [1.29, 1.82) is 0 Å². The second-order valence-corrected chi connectivity index (χ2v) is 9.43. The lowest BCUT2D eigenvalue weighted by atomic mass is 10.2. The van der Waals surface area contributed by atoms with Crippen molar-refractivity contribution in [2.75, 3.05) is 72.2 Å². The van der Waals surface area contributed by atoms with Gasteiger partial charge in [0.05, 0.1) is 18.9 Å². The molecule has 2 aromatic heterocycles. The van der Waals surface area contributed by atoms with Crippen LogP contribution in [-0.2, 0) is 14.3 Å². The average Bonchev–Trinajstić information content (AvgIpc) is 2.96. The Morgan fingerprint density at radius 1 is 1.15 bits per heavy atom. The highest BCUT2D eigenvalue weighted by Gasteiger charge is 2.20. The minimum absolute atomic E-state index is 0.208. The van der Waals surface area contributed by atoms with E-state index in [1.165, 1.54) is 11.0 Å². The minimum Gasteiger partial charge on any atom is -0.481 e. The van der Waals surface area contributed by atoms with Gasteiger partial charge in [0, 0.05) is 70.8 Å². The Labute approximate surface area is 242 Å². The van der Waals surface area contributed by atoms with Crippen LogP contribution in [-0.4, -0.2) is 104 Å². The molecule has 0 spiro atoms. The van der Waals surface area contributed by atoms with Gasteiger partial charge in [-0.15, -0.1) is 0 Å². The van der Waals surface area contributed by atoms with Crippen LogP contribution in [0.4, 0.5) is 17.5 Å². The quantitative estimate of drug-likeness (QED) is 0.158. The lowest BCUT2D eigenvalue weighted by Gasteiger charge is -2.23. The lowest BCUT2D eigenvalue weighted by Crippen LogP contribution is -2.45. The lowest BCUT2D eigenvalue weighted by molar-refractivity contribution is -0.135. The molecule has 12 heteroatoms. The highest BCUT2D eigenvalue weighted by molar-refractivity contribution is 5.92. The number of aromatic nitrogens is 3. The van der Waals surface area contributed by atoms with Crippen LogP contribution in [0.5, 0.6) is 5.88 Å². The number of likely N-dealkylation sites (N-methyl/N-ethyl adjacent to an activating group) is 2. The van der Waals surface area contributed by atoms with E-state index in [0.29, 0.717) is 62.3 Å². The van der Waals surface area contributed by atoms with Crippen LogP contribution in [0, 0.1) is 11.8 Å². The highest BCUT2D eigenvalue weighted by atomic mass is 16.5. The zero-order valence-corrected chi connectivity index (χ0v) is 24.9. The molecule has 222 valence electrons. The molecule has 2 amide bonds. The van der Waals surface area contributed by atoms with E-state index in [9.17, 15) is 9.59 Å². The van der Waals surface area contributed by atoms with Crippen molar-refractivity contribution >= 4 is 29.3 Å². The van der Waals surface area contributed by atoms with Crippen LogP contribution in [0.15, 0.2) is 36.7 Å². The number of carbonyl (C=O) groups is 2. The predicted molar refractivity (Wildman–Crippen MR) is 160 cm³/mol. The van der Waals surface area contributed by atoms with E-state index in [1.807, 2.05) is 19.0 Å². The largest absolute Gasteiger partial charge is 0.481 e. The first-order valence-corrected chi connectivity index (χ1v) is 13.5. The van der Waals surface area contributed by atoms with Gasteiger partial charge in [-0.25, -0.2) is 9.97 Å². The molecule has 0 fully saturated rings. The Morgan fingerprint density at radius 2 is 1.95 bits per heavy atom. The predicted octanol–water partition coefficient (Wildman–Crippen LogP) is 2.28. The van der Waals surface area contributed by atoms with Crippen LogP contribution in [0.25, 0.3) is 0 Å².